The van der Waals surface area contributed by atoms with Crippen molar-refractivity contribution < 1.29 is 23.6 Å². The summed E-state index contributed by atoms with van der Waals surface area (Å²) in [7, 11) is 0. The lowest BCUT2D eigenvalue weighted by Crippen LogP contribution is -2.31. The minimum absolute atomic E-state index is 0.0793. The fourth-order valence-corrected chi connectivity index (χ4v) is 9.63. The van der Waals surface area contributed by atoms with E-state index in [2.05, 4.69) is 129 Å². The van der Waals surface area contributed by atoms with E-state index in [1.165, 1.54) is 103 Å². The Bertz CT molecular complexity index is 2330. The predicted molar refractivity (Wildman–Crippen MR) is 245 cm³/mol. The number of aromatic nitrogens is 5. The van der Waals surface area contributed by atoms with Crippen LogP contribution in [0.3, 0.4) is 0 Å². The molecule has 0 saturated carbocycles. The number of carbonyl (C=O) groups excluding carboxylic acids is 1. The van der Waals surface area contributed by atoms with Crippen molar-refractivity contribution in [3.63, 3.8) is 0 Å². The number of hydrogen-bond donors (Lipinski definition) is 1. The smallest absolute Gasteiger partial charge is 0.243 e. The van der Waals surface area contributed by atoms with Gasteiger partial charge in [-0.1, -0.05) is 121 Å². The highest BCUT2D eigenvalue weighted by Crippen LogP contribution is 2.47. The van der Waals surface area contributed by atoms with Gasteiger partial charge in [0.15, 0.2) is 12.3 Å². The van der Waals surface area contributed by atoms with Gasteiger partial charge in [0.1, 0.15) is 43.6 Å². The zero-order valence-electron chi connectivity index (χ0n) is 37.2. The lowest BCUT2D eigenvalue weighted by Gasteiger charge is -2.23. The molecule has 0 amide bonds. The van der Waals surface area contributed by atoms with Crippen LogP contribution in [0.2, 0.25) is 0 Å². The van der Waals surface area contributed by atoms with Crippen LogP contribution in [0.1, 0.15) is 140 Å². The standard InChI is InChI=1S/C52H70N6O2/c1-5-7-9-11-13-15-17-23-29-53-31-33-55(39-53)35-37-57-41(3)47(43-25-19-21-27-45(43)57)49-51(59)50(52(49)60)48-42(4)58(46-28-22-20-26-44(46)48)38-36-56-34-32-54(40-56)30-24-18-16-14-12-10-8-6-2/h19-22,25-28,31-34,39-40H,5-18,23-24,29-30,35-38H2,1-4H3/q+2/p+1. The van der Waals surface area contributed by atoms with Gasteiger partial charge >= 0.3 is 0 Å². The highest BCUT2D eigenvalue weighted by atomic mass is 16.3. The Morgan fingerprint density at radius 3 is 1.75 bits per heavy atom. The summed E-state index contributed by atoms with van der Waals surface area (Å²) in [4.78, 5) is 14.4. The third-order valence-electron chi connectivity index (χ3n) is 13.1. The number of aliphatic hydroxyl groups excluding tert-OH is 1. The monoisotopic (exact) mass is 812 g/mol. The van der Waals surface area contributed by atoms with Gasteiger partial charge in [0, 0.05) is 35.2 Å². The molecule has 7 rings (SSSR count). The van der Waals surface area contributed by atoms with Crippen LogP contribution in [-0.2, 0) is 37.5 Å². The van der Waals surface area contributed by atoms with Gasteiger partial charge in [0.25, 0.3) is 0 Å². The Morgan fingerprint density at radius 2 is 1.13 bits per heavy atom. The fraction of sp³-hybridized carbons (Fsp3) is 0.500. The number of allylic oxidation sites excluding steroid dienone is 3. The van der Waals surface area contributed by atoms with Crippen LogP contribution >= 0.6 is 0 Å². The van der Waals surface area contributed by atoms with Crippen molar-refractivity contribution in [1.29, 1.82) is 0 Å². The molecule has 318 valence electrons. The van der Waals surface area contributed by atoms with Crippen molar-refractivity contribution in [2.75, 3.05) is 6.54 Å². The number of unbranched alkanes of at least 4 members (excludes halogenated alkanes) is 14. The molecule has 0 unspecified atom stereocenters. The molecule has 0 saturated heterocycles. The average Bonchev–Trinajstić information content (AvgIpc) is 4.04. The van der Waals surface area contributed by atoms with Crippen LogP contribution in [0.25, 0.3) is 22.0 Å². The third-order valence-corrected chi connectivity index (χ3v) is 13.1. The quantitative estimate of drug-likeness (QED) is 0.0362. The number of aliphatic hydroxyl groups is 1. The number of carbonyl (C=O) groups is 1. The largest absolute Gasteiger partial charge is 0.506 e. The molecule has 4 heterocycles. The first-order chi connectivity index (χ1) is 29.4. The molecule has 1 N–H and O–H groups in total. The van der Waals surface area contributed by atoms with Crippen LogP contribution in [-0.4, -0.2) is 41.4 Å². The van der Waals surface area contributed by atoms with E-state index < -0.39 is 0 Å². The van der Waals surface area contributed by atoms with Gasteiger partial charge < -0.3 is 9.67 Å². The van der Waals surface area contributed by atoms with Crippen LogP contribution in [0.4, 0.5) is 5.69 Å². The van der Waals surface area contributed by atoms with Crippen molar-refractivity contribution in [3.8, 4) is 0 Å². The third kappa shape index (κ3) is 9.80. The number of fused-ring (bicyclic) bond motifs is 2. The SMILES string of the molecule is CCCCCCCCCC[n+]1ccn(CCn2c(C)c(C3=C(O)C(=C4C(C)=[N+](CCn5cc[n+](CCCCCCCCCC)c5)c5ccccc54)C3=O)c3ccccc32)c1. The highest BCUT2D eigenvalue weighted by molar-refractivity contribution is 6.47. The van der Waals surface area contributed by atoms with E-state index in [4.69, 9.17) is 0 Å². The van der Waals surface area contributed by atoms with Crippen molar-refractivity contribution >= 4 is 39.2 Å². The Kier molecular flexibility index (Phi) is 15.1. The van der Waals surface area contributed by atoms with Gasteiger partial charge in [-0.25, -0.2) is 18.3 Å². The molecule has 2 aliphatic rings. The summed E-state index contributed by atoms with van der Waals surface area (Å²) in [5.41, 5.74) is 7.77. The minimum Gasteiger partial charge on any atom is -0.506 e. The molecule has 3 aromatic heterocycles. The van der Waals surface area contributed by atoms with E-state index in [0.29, 0.717) is 11.1 Å². The number of benzene rings is 2. The zero-order valence-corrected chi connectivity index (χ0v) is 37.2. The lowest BCUT2D eigenvalue weighted by atomic mass is 9.78. The first-order valence-electron chi connectivity index (χ1n) is 23.5. The van der Waals surface area contributed by atoms with E-state index in [9.17, 15) is 9.90 Å². The Balaban J connectivity index is 1.03. The van der Waals surface area contributed by atoms with E-state index in [-0.39, 0.29) is 11.5 Å². The molecule has 8 heteroatoms. The summed E-state index contributed by atoms with van der Waals surface area (Å²) in [5, 5.41) is 13.0. The molecule has 0 radical (unpaired) electrons. The Morgan fingerprint density at radius 1 is 0.583 bits per heavy atom. The Labute approximate surface area is 359 Å². The molecule has 5 aromatic rings. The number of rotatable bonds is 25. The van der Waals surface area contributed by atoms with Gasteiger partial charge in [-0.2, -0.15) is 4.58 Å². The number of ketones is 1. The average molecular weight is 812 g/mol. The molecular weight excluding hydrogens is 741 g/mol. The maximum atomic E-state index is 14.4. The van der Waals surface area contributed by atoms with Crippen LogP contribution < -0.4 is 9.13 Å². The van der Waals surface area contributed by atoms with E-state index in [0.717, 1.165) is 84.0 Å². The van der Waals surface area contributed by atoms with E-state index in [1.54, 1.807) is 0 Å². The summed E-state index contributed by atoms with van der Waals surface area (Å²) >= 11 is 0. The maximum absolute atomic E-state index is 14.4. The Hall–Kier alpha value is -4.98. The van der Waals surface area contributed by atoms with E-state index >= 15 is 0 Å². The molecule has 60 heavy (non-hydrogen) atoms. The van der Waals surface area contributed by atoms with Gasteiger partial charge in [-0.05, 0) is 44.7 Å². The van der Waals surface area contributed by atoms with Gasteiger partial charge in [-0.3, -0.25) is 4.79 Å². The lowest BCUT2D eigenvalue weighted by molar-refractivity contribution is -0.697. The minimum atomic E-state index is -0.0793. The summed E-state index contributed by atoms with van der Waals surface area (Å²) in [5.74, 6) is 0.0288. The summed E-state index contributed by atoms with van der Waals surface area (Å²) in [6.45, 7) is 14.0. The number of nitrogens with zero attached hydrogens (tertiary/aromatic N) is 6. The molecule has 0 spiro atoms. The first-order valence-corrected chi connectivity index (χ1v) is 23.5. The molecule has 1 aliphatic carbocycles. The summed E-state index contributed by atoms with van der Waals surface area (Å²) < 4.78 is 13.8. The van der Waals surface area contributed by atoms with Crippen LogP contribution in [0.5, 0.6) is 0 Å². The molecule has 2 aromatic carbocycles. The van der Waals surface area contributed by atoms with Crippen molar-refractivity contribution in [2.45, 2.75) is 163 Å². The fourth-order valence-electron chi connectivity index (χ4n) is 9.63. The number of hydrogen-bond acceptors (Lipinski definition) is 2. The number of para-hydroxylation sites is 2. The topological polar surface area (TPSA) is 62.9 Å². The molecule has 0 atom stereocenters. The predicted octanol–water partition coefficient (Wildman–Crippen LogP) is 11.2. The normalized spacial score (nSPS) is 15.2. The van der Waals surface area contributed by atoms with Gasteiger partial charge in [0.05, 0.1) is 41.9 Å². The molecule has 8 nitrogen and oxygen atoms in total. The second kappa shape index (κ2) is 21.0. The summed E-state index contributed by atoms with van der Waals surface area (Å²) in [6, 6.07) is 16.6. The second-order valence-electron chi connectivity index (χ2n) is 17.4. The molecular formula is C52H71N6O2+3. The molecule has 0 fully saturated rings. The van der Waals surface area contributed by atoms with Crippen molar-refractivity contribution in [2.24, 2.45) is 0 Å². The maximum Gasteiger partial charge on any atom is 0.243 e. The van der Waals surface area contributed by atoms with Crippen molar-refractivity contribution in [1.82, 2.24) is 13.7 Å². The molecule has 0 bridgehead atoms. The number of Topliss-reactive ketones (excluding diaryl/α,β-unsaturated/α-hetero) is 1. The molecule has 1 aliphatic heterocycles. The van der Waals surface area contributed by atoms with Crippen molar-refractivity contribution in [3.05, 3.63) is 114 Å². The van der Waals surface area contributed by atoms with Gasteiger partial charge in [-0.15, -0.1) is 0 Å². The number of aryl methyl sites for hydroxylation is 4. The highest BCUT2D eigenvalue weighted by Gasteiger charge is 2.45. The zero-order chi connectivity index (χ0) is 41.8. The van der Waals surface area contributed by atoms with Gasteiger partial charge in [0.2, 0.25) is 24.1 Å². The second-order valence-corrected chi connectivity index (χ2v) is 17.4. The van der Waals surface area contributed by atoms with Crippen LogP contribution in [0.15, 0.2) is 97.3 Å². The number of imidazole rings is 2. The summed E-state index contributed by atoms with van der Waals surface area (Å²) in [6.07, 6.45) is 34.4. The first kappa shape index (κ1) is 43.1. The van der Waals surface area contributed by atoms with Crippen LogP contribution in [0, 0.1) is 6.92 Å². The van der Waals surface area contributed by atoms with E-state index in [1.807, 2.05) is 12.1 Å².